The van der Waals surface area contributed by atoms with Crippen molar-refractivity contribution < 1.29 is 4.39 Å². The van der Waals surface area contributed by atoms with Gasteiger partial charge in [-0.1, -0.05) is 37.3 Å². The van der Waals surface area contributed by atoms with Crippen LogP contribution in [0.15, 0.2) is 54.6 Å². The summed E-state index contributed by atoms with van der Waals surface area (Å²) in [4.78, 5) is 9.78. The lowest BCUT2D eigenvalue weighted by atomic mass is 10.0. The van der Waals surface area contributed by atoms with Gasteiger partial charge in [-0.05, 0) is 36.4 Å². The van der Waals surface area contributed by atoms with Gasteiger partial charge >= 0.3 is 0 Å². The summed E-state index contributed by atoms with van der Waals surface area (Å²) in [5.74, 6) is 0.809. The summed E-state index contributed by atoms with van der Waals surface area (Å²) in [5.41, 5.74) is 3.02. The Balaban J connectivity index is 1.72. The summed E-state index contributed by atoms with van der Waals surface area (Å²) in [6.07, 6.45) is 0. The minimum atomic E-state index is -0.216. The van der Waals surface area contributed by atoms with Gasteiger partial charge in [0, 0.05) is 37.1 Å². The van der Waals surface area contributed by atoms with E-state index in [1.807, 2.05) is 18.2 Å². The summed E-state index contributed by atoms with van der Waals surface area (Å²) in [5, 5.41) is 1.11. The third-order valence-corrected chi connectivity index (χ3v) is 5.00. The second-order valence-electron chi connectivity index (χ2n) is 6.47. The van der Waals surface area contributed by atoms with Crippen LogP contribution < -0.4 is 4.90 Å². The molecule has 0 spiro atoms. The fraction of sp³-hybridized carbons (Fsp3) is 0.286. The Kier molecular flexibility index (Phi) is 4.36. The number of anilines is 1. The number of halogens is 1. The number of aromatic nitrogens is 1. The highest BCUT2D eigenvalue weighted by Gasteiger charge is 2.17. The number of piperazine rings is 1. The summed E-state index contributed by atoms with van der Waals surface area (Å²) < 4.78 is 13.3. The van der Waals surface area contributed by atoms with E-state index in [1.54, 1.807) is 0 Å². The van der Waals surface area contributed by atoms with Crippen molar-refractivity contribution in [2.45, 2.75) is 6.92 Å². The first-order chi connectivity index (χ1) is 12.2. The van der Waals surface area contributed by atoms with Crippen LogP contribution >= 0.6 is 0 Å². The molecule has 3 aromatic rings. The summed E-state index contributed by atoms with van der Waals surface area (Å²) in [6, 6.07) is 17.0. The van der Waals surface area contributed by atoms with Crippen molar-refractivity contribution in [3.05, 3.63) is 60.4 Å². The number of para-hydroxylation sites is 1. The van der Waals surface area contributed by atoms with Crippen LogP contribution in [0.4, 0.5) is 10.2 Å². The predicted molar refractivity (Wildman–Crippen MR) is 101 cm³/mol. The minimum Gasteiger partial charge on any atom is -0.354 e. The van der Waals surface area contributed by atoms with E-state index in [4.69, 9.17) is 4.98 Å². The molecule has 4 heteroatoms. The molecule has 1 aliphatic rings. The van der Waals surface area contributed by atoms with Gasteiger partial charge in [-0.15, -0.1) is 0 Å². The van der Waals surface area contributed by atoms with Gasteiger partial charge in [-0.2, -0.15) is 0 Å². The molecule has 1 fully saturated rings. The first kappa shape index (κ1) is 16.0. The molecular weight excluding hydrogens is 313 g/mol. The molecule has 3 nitrogen and oxygen atoms in total. The van der Waals surface area contributed by atoms with E-state index in [9.17, 15) is 4.39 Å². The quantitative estimate of drug-likeness (QED) is 0.716. The number of benzene rings is 2. The lowest BCUT2D eigenvalue weighted by molar-refractivity contribution is 0.270. The number of hydrogen-bond acceptors (Lipinski definition) is 3. The van der Waals surface area contributed by atoms with Crippen molar-refractivity contribution >= 4 is 16.7 Å². The van der Waals surface area contributed by atoms with Crippen molar-refractivity contribution in [1.82, 2.24) is 9.88 Å². The molecule has 128 valence electrons. The summed E-state index contributed by atoms with van der Waals surface area (Å²) in [6.45, 7) is 7.48. The molecule has 0 unspecified atom stereocenters. The molecule has 25 heavy (non-hydrogen) atoms. The number of nitrogens with zero attached hydrogens (tertiary/aromatic N) is 3. The van der Waals surface area contributed by atoms with E-state index in [1.165, 1.54) is 12.1 Å². The Hall–Kier alpha value is -2.46. The van der Waals surface area contributed by atoms with Crippen LogP contribution in [-0.2, 0) is 0 Å². The van der Waals surface area contributed by atoms with Gasteiger partial charge in [-0.3, -0.25) is 0 Å². The molecule has 2 aromatic carbocycles. The van der Waals surface area contributed by atoms with Crippen LogP contribution in [0.3, 0.4) is 0 Å². The zero-order chi connectivity index (χ0) is 17.2. The fourth-order valence-corrected chi connectivity index (χ4v) is 3.47. The molecule has 4 rings (SSSR count). The van der Waals surface area contributed by atoms with E-state index in [2.05, 4.69) is 41.0 Å². The fourth-order valence-electron chi connectivity index (χ4n) is 3.47. The third kappa shape index (κ3) is 3.22. The Bertz CT molecular complexity index is 868. The molecule has 0 radical (unpaired) electrons. The van der Waals surface area contributed by atoms with E-state index >= 15 is 0 Å². The van der Waals surface area contributed by atoms with Gasteiger partial charge in [0.15, 0.2) is 0 Å². The average Bonchev–Trinajstić information content (AvgIpc) is 2.68. The summed E-state index contributed by atoms with van der Waals surface area (Å²) >= 11 is 0. The SMILES string of the molecule is CCN1CCN(c2ccc3cccc(-c4ccc(F)cc4)c3n2)CC1. The van der Waals surface area contributed by atoms with Crippen molar-refractivity contribution in [1.29, 1.82) is 0 Å². The number of pyridine rings is 1. The topological polar surface area (TPSA) is 19.4 Å². The molecule has 0 amide bonds. The van der Waals surface area contributed by atoms with E-state index in [-0.39, 0.29) is 5.82 Å². The van der Waals surface area contributed by atoms with Crippen molar-refractivity contribution in [2.75, 3.05) is 37.6 Å². The lowest BCUT2D eigenvalue weighted by Crippen LogP contribution is -2.46. The van der Waals surface area contributed by atoms with Crippen molar-refractivity contribution in [2.24, 2.45) is 0 Å². The maximum Gasteiger partial charge on any atom is 0.129 e. The molecule has 1 aliphatic heterocycles. The average molecular weight is 335 g/mol. The maximum absolute atomic E-state index is 13.3. The van der Waals surface area contributed by atoms with Crippen molar-refractivity contribution in [3.8, 4) is 11.1 Å². The van der Waals surface area contributed by atoms with E-state index in [0.717, 1.165) is 60.6 Å². The second kappa shape index (κ2) is 6.81. The van der Waals surface area contributed by atoms with Gasteiger partial charge in [0.05, 0.1) is 5.52 Å². The molecule has 1 aromatic heterocycles. The molecule has 1 saturated heterocycles. The van der Waals surface area contributed by atoms with E-state index in [0.29, 0.717) is 0 Å². The van der Waals surface area contributed by atoms with Gasteiger partial charge in [0.2, 0.25) is 0 Å². The highest BCUT2D eigenvalue weighted by atomic mass is 19.1. The normalized spacial score (nSPS) is 15.7. The molecule has 0 atom stereocenters. The first-order valence-corrected chi connectivity index (χ1v) is 8.87. The predicted octanol–water partition coefficient (Wildman–Crippen LogP) is 4.18. The highest BCUT2D eigenvalue weighted by Crippen LogP contribution is 2.29. The maximum atomic E-state index is 13.3. The standard InChI is InChI=1S/C21H22FN3/c1-2-24-12-14-25(15-13-24)20-11-8-17-4-3-5-19(21(17)23-20)16-6-9-18(22)10-7-16/h3-11H,2,12-15H2,1H3. The zero-order valence-corrected chi connectivity index (χ0v) is 14.5. The van der Waals surface area contributed by atoms with Crippen LogP contribution in [0, 0.1) is 5.82 Å². The van der Waals surface area contributed by atoms with Gasteiger partial charge < -0.3 is 9.80 Å². The van der Waals surface area contributed by atoms with Gasteiger partial charge in [0.25, 0.3) is 0 Å². The zero-order valence-electron chi connectivity index (χ0n) is 14.5. The molecule has 0 N–H and O–H groups in total. The number of hydrogen-bond donors (Lipinski definition) is 0. The number of fused-ring (bicyclic) bond motifs is 1. The van der Waals surface area contributed by atoms with Crippen LogP contribution in [0.25, 0.3) is 22.0 Å². The molecular formula is C21H22FN3. The second-order valence-corrected chi connectivity index (χ2v) is 6.47. The van der Waals surface area contributed by atoms with Crippen molar-refractivity contribution in [3.63, 3.8) is 0 Å². The molecule has 0 bridgehead atoms. The first-order valence-electron chi connectivity index (χ1n) is 8.87. The molecule has 0 aliphatic carbocycles. The highest BCUT2D eigenvalue weighted by molar-refractivity contribution is 5.94. The van der Waals surface area contributed by atoms with E-state index < -0.39 is 0 Å². The smallest absolute Gasteiger partial charge is 0.129 e. The molecule has 0 saturated carbocycles. The Labute approximate surface area is 147 Å². The van der Waals surface area contributed by atoms with Gasteiger partial charge in [-0.25, -0.2) is 9.37 Å². The molecule has 2 heterocycles. The summed E-state index contributed by atoms with van der Waals surface area (Å²) in [7, 11) is 0. The van der Waals surface area contributed by atoms with Crippen LogP contribution in [-0.4, -0.2) is 42.6 Å². The minimum absolute atomic E-state index is 0.216. The third-order valence-electron chi connectivity index (χ3n) is 5.00. The van der Waals surface area contributed by atoms with Crippen LogP contribution in [0.2, 0.25) is 0 Å². The lowest BCUT2D eigenvalue weighted by Gasteiger charge is -2.34. The van der Waals surface area contributed by atoms with Gasteiger partial charge in [0.1, 0.15) is 11.6 Å². The Morgan fingerprint density at radius 1 is 0.920 bits per heavy atom. The van der Waals surface area contributed by atoms with Crippen LogP contribution in [0.1, 0.15) is 6.92 Å². The largest absolute Gasteiger partial charge is 0.354 e. The number of rotatable bonds is 3. The Morgan fingerprint density at radius 3 is 2.40 bits per heavy atom. The Morgan fingerprint density at radius 2 is 1.68 bits per heavy atom. The monoisotopic (exact) mass is 335 g/mol. The van der Waals surface area contributed by atoms with Crippen LogP contribution in [0.5, 0.6) is 0 Å². The number of likely N-dealkylation sites (N-methyl/N-ethyl adjacent to an activating group) is 1.